The first kappa shape index (κ1) is 18.6. The SMILES string of the molecule is COCCNC(=O)c1nc(C(=O)NCc2ccccc2C)c2ccccn12. The van der Waals surface area contributed by atoms with Crippen LogP contribution in [0.2, 0.25) is 0 Å². The van der Waals surface area contributed by atoms with Crippen molar-refractivity contribution in [1.82, 2.24) is 20.0 Å². The highest BCUT2D eigenvalue weighted by molar-refractivity contribution is 6.02. The van der Waals surface area contributed by atoms with Gasteiger partial charge in [0.15, 0.2) is 5.69 Å². The van der Waals surface area contributed by atoms with Crippen LogP contribution < -0.4 is 10.6 Å². The first-order valence-corrected chi connectivity index (χ1v) is 8.68. The van der Waals surface area contributed by atoms with Crippen LogP contribution in [0.25, 0.3) is 5.52 Å². The maximum atomic E-state index is 12.7. The molecule has 0 saturated carbocycles. The molecule has 0 saturated heterocycles. The molecule has 27 heavy (non-hydrogen) atoms. The molecule has 7 heteroatoms. The Kier molecular flexibility index (Phi) is 5.83. The minimum atomic E-state index is -0.355. The van der Waals surface area contributed by atoms with Crippen molar-refractivity contribution in [2.45, 2.75) is 13.5 Å². The van der Waals surface area contributed by atoms with E-state index in [0.717, 1.165) is 11.1 Å². The van der Waals surface area contributed by atoms with Crippen LogP contribution in [0.1, 0.15) is 32.2 Å². The molecule has 1 aromatic carbocycles. The van der Waals surface area contributed by atoms with Crippen LogP contribution in [0.15, 0.2) is 48.7 Å². The number of nitrogens with one attached hydrogen (secondary N) is 2. The Hall–Kier alpha value is -3.19. The van der Waals surface area contributed by atoms with Gasteiger partial charge in [0.05, 0.1) is 12.1 Å². The van der Waals surface area contributed by atoms with Crippen LogP contribution >= 0.6 is 0 Å². The molecule has 0 aliphatic heterocycles. The number of benzene rings is 1. The number of hydrogen-bond acceptors (Lipinski definition) is 4. The average molecular weight is 366 g/mol. The van der Waals surface area contributed by atoms with E-state index in [1.54, 1.807) is 29.8 Å². The first-order chi connectivity index (χ1) is 13.1. The highest BCUT2D eigenvalue weighted by atomic mass is 16.5. The van der Waals surface area contributed by atoms with Gasteiger partial charge < -0.3 is 15.4 Å². The molecule has 3 rings (SSSR count). The standard InChI is InChI=1S/C20H22N4O3/c1-14-7-3-4-8-15(14)13-22-19(25)17-16-9-5-6-11-24(16)18(23-17)20(26)21-10-12-27-2/h3-9,11H,10,12-13H2,1-2H3,(H,21,26)(H,22,25). The van der Waals surface area contributed by atoms with E-state index >= 15 is 0 Å². The summed E-state index contributed by atoms with van der Waals surface area (Å²) < 4.78 is 6.55. The van der Waals surface area contributed by atoms with Crippen molar-refractivity contribution in [3.63, 3.8) is 0 Å². The van der Waals surface area contributed by atoms with Crippen molar-refractivity contribution in [2.75, 3.05) is 20.3 Å². The lowest BCUT2D eigenvalue weighted by Crippen LogP contribution is -2.29. The Morgan fingerprint density at radius 3 is 2.63 bits per heavy atom. The average Bonchev–Trinajstić information content (AvgIpc) is 3.07. The van der Waals surface area contributed by atoms with Gasteiger partial charge in [0.25, 0.3) is 11.8 Å². The van der Waals surface area contributed by atoms with Gasteiger partial charge in [-0.25, -0.2) is 4.98 Å². The van der Waals surface area contributed by atoms with Gasteiger partial charge in [-0.3, -0.25) is 14.0 Å². The number of nitrogens with zero attached hydrogens (tertiary/aromatic N) is 2. The second-order valence-corrected chi connectivity index (χ2v) is 6.10. The molecule has 7 nitrogen and oxygen atoms in total. The normalized spacial score (nSPS) is 10.7. The fourth-order valence-corrected chi connectivity index (χ4v) is 2.78. The topological polar surface area (TPSA) is 84.7 Å². The van der Waals surface area contributed by atoms with Crippen molar-refractivity contribution in [2.24, 2.45) is 0 Å². The summed E-state index contributed by atoms with van der Waals surface area (Å²) in [6.45, 7) is 3.16. The summed E-state index contributed by atoms with van der Waals surface area (Å²) in [5.74, 6) is -0.508. The molecule has 0 atom stereocenters. The maximum Gasteiger partial charge on any atom is 0.287 e. The van der Waals surface area contributed by atoms with Crippen molar-refractivity contribution < 1.29 is 14.3 Å². The second kappa shape index (κ2) is 8.46. The second-order valence-electron chi connectivity index (χ2n) is 6.10. The molecule has 0 bridgehead atoms. The number of pyridine rings is 1. The van der Waals surface area contributed by atoms with Crippen LogP contribution in [0.3, 0.4) is 0 Å². The molecule has 2 N–H and O–H groups in total. The minimum absolute atomic E-state index is 0.169. The van der Waals surface area contributed by atoms with E-state index in [1.807, 2.05) is 37.3 Å². The zero-order chi connectivity index (χ0) is 19.2. The Balaban J connectivity index is 1.82. The third-order valence-electron chi connectivity index (χ3n) is 4.26. The largest absolute Gasteiger partial charge is 0.383 e. The molecular weight excluding hydrogens is 344 g/mol. The molecule has 0 spiro atoms. The maximum absolute atomic E-state index is 12.7. The van der Waals surface area contributed by atoms with E-state index in [0.29, 0.717) is 25.2 Å². The summed E-state index contributed by atoms with van der Waals surface area (Å²) in [4.78, 5) is 29.4. The van der Waals surface area contributed by atoms with Gasteiger partial charge in [0.2, 0.25) is 5.82 Å². The molecule has 0 aliphatic carbocycles. The zero-order valence-electron chi connectivity index (χ0n) is 15.4. The van der Waals surface area contributed by atoms with Crippen molar-refractivity contribution in [1.29, 1.82) is 0 Å². The summed E-state index contributed by atoms with van der Waals surface area (Å²) in [5, 5.41) is 5.62. The number of carbonyl (C=O) groups excluding carboxylic acids is 2. The third kappa shape index (κ3) is 4.15. The smallest absolute Gasteiger partial charge is 0.287 e. The molecular formula is C20H22N4O3. The Bertz CT molecular complexity index is 965. The fourth-order valence-electron chi connectivity index (χ4n) is 2.78. The summed E-state index contributed by atoms with van der Waals surface area (Å²) in [7, 11) is 1.56. The number of aryl methyl sites for hydroxylation is 1. The van der Waals surface area contributed by atoms with Gasteiger partial charge in [-0.1, -0.05) is 30.3 Å². The lowest BCUT2D eigenvalue weighted by Gasteiger charge is -2.06. The number of aromatic nitrogens is 2. The van der Waals surface area contributed by atoms with E-state index < -0.39 is 0 Å². The van der Waals surface area contributed by atoms with Crippen molar-refractivity contribution in [3.8, 4) is 0 Å². The molecule has 0 aliphatic rings. The molecule has 140 valence electrons. The molecule has 0 fully saturated rings. The van der Waals surface area contributed by atoms with Gasteiger partial charge in [-0.2, -0.15) is 0 Å². The molecule has 2 aromatic heterocycles. The number of rotatable bonds is 7. The summed E-state index contributed by atoms with van der Waals surface area (Å²) in [6.07, 6.45) is 1.71. The Labute approximate surface area is 157 Å². The van der Waals surface area contributed by atoms with Gasteiger partial charge in [-0.15, -0.1) is 0 Å². The number of fused-ring (bicyclic) bond motifs is 1. The highest BCUT2D eigenvalue weighted by Gasteiger charge is 2.21. The highest BCUT2D eigenvalue weighted by Crippen LogP contribution is 2.14. The molecule has 0 unspecified atom stereocenters. The lowest BCUT2D eigenvalue weighted by molar-refractivity contribution is 0.0926. The Morgan fingerprint density at radius 2 is 1.85 bits per heavy atom. The number of imidazole rings is 1. The van der Waals surface area contributed by atoms with Gasteiger partial charge in [0, 0.05) is 26.4 Å². The van der Waals surface area contributed by atoms with Crippen LogP contribution in [0.4, 0.5) is 0 Å². The van der Waals surface area contributed by atoms with Crippen molar-refractivity contribution in [3.05, 3.63) is 71.3 Å². The number of carbonyl (C=O) groups is 2. The van der Waals surface area contributed by atoms with Crippen LogP contribution in [0, 0.1) is 6.92 Å². The summed E-state index contributed by atoms with van der Waals surface area (Å²) in [5.41, 5.74) is 2.94. The van der Waals surface area contributed by atoms with Gasteiger partial charge in [-0.05, 0) is 30.2 Å². The quantitative estimate of drug-likeness (QED) is 0.626. The van der Waals surface area contributed by atoms with Crippen LogP contribution in [-0.2, 0) is 11.3 Å². The Morgan fingerprint density at radius 1 is 1.07 bits per heavy atom. The molecule has 2 heterocycles. The monoisotopic (exact) mass is 366 g/mol. The molecule has 3 aromatic rings. The van der Waals surface area contributed by atoms with E-state index in [1.165, 1.54) is 0 Å². The lowest BCUT2D eigenvalue weighted by atomic mass is 10.1. The number of hydrogen-bond donors (Lipinski definition) is 2. The first-order valence-electron chi connectivity index (χ1n) is 8.68. The number of ether oxygens (including phenoxy) is 1. The van der Waals surface area contributed by atoms with Gasteiger partial charge in [0.1, 0.15) is 0 Å². The fraction of sp³-hybridized carbons (Fsp3) is 0.250. The van der Waals surface area contributed by atoms with Crippen LogP contribution in [0.5, 0.6) is 0 Å². The predicted octanol–water partition coefficient (Wildman–Crippen LogP) is 1.95. The van der Waals surface area contributed by atoms with E-state index in [4.69, 9.17) is 4.74 Å². The van der Waals surface area contributed by atoms with E-state index in [9.17, 15) is 9.59 Å². The van der Waals surface area contributed by atoms with Crippen LogP contribution in [-0.4, -0.2) is 41.5 Å². The van der Waals surface area contributed by atoms with Crippen molar-refractivity contribution >= 4 is 17.3 Å². The van der Waals surface area contributed by atoms with Gasteiger partial charge >= 0.3 is 0 Å². The zero-order valence-corrected chi connectivity index (χ0v) is 15.4. The predicted molar refractivity (Wildman–Crippen MR) is 102 cm³/mol. The van der Waals surface area contributed by atoms with E-state index in [2.05, 4.69) is 15.6 Å². The molecule has 0 radical (unpaired) electrons. The number of amides is 2. The minimum Gasteiger partial charge on any atom is -0.383 e. The molecule has 2 amide bonds. The van der Waals surface area contributed by atoms with E-state index in [-0.39, 0.29) is 23.3 Å². The third-order valence-corrected chi connectivity index (χ3v) is 4.26. The summed E-state index contributed by atoms with van der Waals surface area (Å²) >= 11 is 0. The summed E-state index contributed by atoms with van der Waals surface area (Å²) in [6, 6.07) is 13.2. The number of methoxy groups -OCH3 is 1.